The van der Waals surface area contributed by atoms with Gasteiger partial charge < -0.3 is 5.11 Å². The maximum atomic E-state index is 10.5. The number of hydrogen-bond acceptors (Lipinski definition) is 2. The van der Waals surface area contributed by atoms with Gasteiger partial charge in [0.1, 0.15) is 0 Å². The monoisotopic (exact) mass is 216 g/mol. The van der Waals surface area contributed by atoms with Crippen LogP contribution in [0.25, 0.3) is 0 Å². The van der Waals surface area contributed by atoms with Crippen molar-refractivity contribution in [2.24, 2.45) is 0 Å². The molecule has 1 unspecified atom stereocenters. The van der Waals surface area contributed by atoms with E-state index in [-0.39, 0.29) is 0 Å². The third kappa shape index (κ3) is 2.64. The van der Waals surface area contributed by atoms with E-state index in [1.807, 2.05) is 18.4 Å². The minimum atomic E-state index is -1.02. The Balaban J connectivity index is 2.85. The quantitative estimate of drug-likeness (QED) is 0.624. The summed E-state index contributed by atoms with van der Waals surface area (Å²) in [6, 6.07) is 7.19. The summed E-state index contributed by atoms with van der Waals surface area (Å²) in [5.41, 5.74) is 0.618. The highest BCUT2D eigenvalue weighted by molar-refractivity contribution is 7.98. The zero-order valence-corrected chi connectivity index (χ0v) is 8.60. The first kappa shape index (κ1) is 10.4. The molecule has 0 aromatic heterocycles. The molecule has 0 aliphatic carbocycles. The van der Waals surface area contributed by atoms with Crippen molar-refractivity contribution in [2.45, 2.75) is 10.3 Å². The van der Waals surface area contributed by atoms with Crippen LogP contribution in [-0.4, -0.2) is 17.3 Å². The van der Waals surface area contributed by atoms with Crippen LogP contribution in [-0.2, 0) is 4.79 Å². The summed E-state index contributed by atoms with van der Waals surface area (Å²) >= 11 is 7.24. The van der Waals surface area contributed by atoms with Crippen LogP contribution in [0, 0.1) is 0 Å². The molecule has 2 nitrogen and oxygen atoms in total. The van der Waals surface area contributed by atoms with Crippen LogP contribution in [0.3, 0.4) is 0 Å². The molecule has 0 radical (unpaired) electrons. The van der Waals surface area contributed by atoms with Gasteiger partial charge in [-0.05, 0) is 24.0 Å². The maximum Gasteiger partial charge on any atom is 0.326 e. The number of carboxylic acid groups (broad SMARTS) is 1. The largest absolute Gasteiger partial charge is 0.480 e. The van der Waals surface area contributed by atoms with E-state index in [2.05, 4.69) is 0 Å². The Morgan fingerprint density at radius 1 is 1.46 bits per heavy atom. The molecule has 4 heteroatoms. The molecule has 0 aliphatic rings. The summed E-state index contributed by atoms with van der Waals surface area (Å²) in [7, 11) is 0. The van der Waals surface area contributed by atoms with Crippen molar-refractivity contribution >= 4 is 29.3 Å². The summed E-state index contributed by atoms with van der Waals surface area (Å²) in [4.78, 5) is 11.6. The first-order valence-electron chi connectivity index (χ1n) is 3.66. The molecule has 0 spiro atoms. The van der Waals surface area contributed by atoms with Crippen molar-refractivity contribution in [3.8, 4) is 0 Å². The number of benzene rings is 1. The van der Waals surface area contributed by atoms with Gasteiger partial charge in [0, 0.05) is 4.90 Å². The van der Waals surface area contributed by atoms with Gasteiger partial charge in [-0.25, -0.2) is 0 Å². The molecule has 0 fully saturated rings. The Morgan fingerprint density at radius 2 is 2.00 bits per heavy atom. The van der Waals surface area contributed by atoms with Gasteiger partial charge in [-0.2, -0.15) is 0 Å². The van der Waals surface area contributed by atoms with Crippen molar-refractivity contribution in [3.63, 3.8) is 0 Å². The molecule has 0 saturated carbocycles. The third-order valence-electron chi connectivity index (χ3n) is 1.63. The standard InChI is InChI=1S/C9H9ClO2S/c1-13-7-4-2-6(3-5-7)8(10)9(11)12/h2-5,8H,1H3,(H,11,12). The summed E-state index contributed by atoms with van der Waals surface area (Å²) in [5, 5.41) is 7.68. The fourth-order valence-corrected chi connectivity index (χ4v) is 1.47. The van der Waals surface area contributed by atoms with Gasteiger partial charge in [-0.3, -0.25) is 4.79 Å². The minimum Gasteiger partial charge on any atom is -0.480 e. The minimum absolute atomic E-state index is 0.618. The summed E-state index contributed by atoms with van der Waals surface area (Å²) in [5.74, 6) is -1.02. The van der Waals surface area contributed by atoms with Gasteiger partial charge in [-0.15, -0.1) is 23.4 Å². The van der Waals surface area contributed by atoms with Gasteiger partial charge in [0.05, 0.1) is 0 Å². The van der Waals surface area contributed by atoms with Gasteiger partial charge >= 0.3 is 5.97 Å². The lowest BCUT2D eigenvalue weighted by Crippen LogP contribution is -2.04. The first-order valence-corrected chi connectivity index (χ1v) is 5.32. The molecule has 13 heavy (non-hydrogen) atoms. The Morgan fingerprint density at radius 3 is 2.38 bits per heavy atom. The molecule has 1 N–H and O–H groups in total. The van der Waals surface area contributed by atoms with Crippen LogP contribution < -0.4 is 0 Å². The molecule has 1 aromatic rings. The van der Waals surface area contributed by atoms with E-state index < -0.39 is 11.3 Å². The van der Waals surface area contributed by atoms with E-state index in [9.17, 15) is 4.79 Å². The van der Waals surface area contributed by atoms with Crippen LogP contribution in [0.1, 0.15) is 10.9 Å². The smallest absolute Gasteiger partial charge is 0.326 e. The zero-order chi connectivity index (χ0) is 9.84. The second-order valence-electron chi connectivity index (χ2n) is 2.47. The Bertz CT molecular complexity index is 297. The van der Waals surface area contributed by atoms with Gasteiger partial charge in [0.2, 0.25) is 0 Å². The van der Waals surface area contributed by atoms with Crippen molar-refractivity contribution < 1.29 is 9.90 Å². The number of carbonyl (C=O) groups is 1. The normalized spacial score (nSPS) is 12.5. The third-order valence-corrected chi connectivity index (χ3v) is 2.81. The number of rotatable bonds is 3. The van der Waals surface area contributed by atoms with E-state index in [4.69, 9.17) is 16.7 Å². The lowest BCUT2D eigenvalue weighted by molar-refractivity contribution is -0.136. The van der Waals surface area contributed by atoms with Crippen molar-refractivity contribution in [1.29, 1.82) is 0 Å². The number of halogens is 1. The van der Waals surface area contributed by atoms with Gasteiger partial charge in [0.15, 0.2) is 5.38 Å². The lowest BCUT2D eigenvalue weighted by atomic mass is 10.1. The zero-order valence-electron chi connectivity index (χ0n) is 7.03. The summed E-state index contributed by atoms with van der Waals surface area (Å²) in [6.07, 6.45) is 1.96. The Labute approximate surface area is 85.9 Å². The van der Waals surface area contributed by atoms with E-state index in [0.717, 1.165) is 4.90 Å². The highest BCUT2D eigenvalue weighted by Crippen LogP contribution is 2.23. The van der Waals surface area contributed by atoms with Crippen LogP contribution >= 0.6 is 23.4 Å². The number of alkyl halides is 1. The predicted molar refractivity (Wildman–Crippen MR) is 54.5 cm³/mol. The topological polar surface area (TPSA) is 37.3 Å². The van der Waals surface area contributed by atoms with Crippen LogP contribution in [0.2, 0.25) is 0 Å². The predicted octanol–water partition coefficient (Wildman–Crippen LogP) is 2.77. The second-order valence-corrected chi connectivity index (χ2v) is 3.79. The molecular weight excluding hydrogens is 208 g/mol. The molecular formula is C9H9ClO2S. The molecule has 0 amide bonds. The maximum absolute atomic E-state index is 10.5. The van der Waals surface area contributed by atoms with E-state index in [0.29, 0.717) is 5.56 Å². The number of aliphatic carboxylic acids is 1. The highest BCUT2D eigenvalue weighted by Gasteiger charge is 2.15. The molecule has 70 valence electrons. The fourth-order valence-electron chi connectivity index (χ4n) is 0.915. The number of carboxylic acids is 1. The molecule has 0 saturated heterocycles. The molecule has 0 aliphatic heterocycles. The second kappa shape index (κ2) is 4.53. The average Bonchev–Trinajstić information content (AvgIpc) is 2.17. The van der Waals surface area contributed by atoms with E-state index >= 15 is 0 Å². The van der Waals surface area contributed by atoms with Gasteiger partial charge in [0.25, 0.3) is 0 Å². The van der Waals surface area contributed by atoms with Crippen LogP contribution in [0.5, 0.6) is 0 Å². The Hall–Kier alpha value is -0.670. The molecule has 0 bridgehead atoms. The molecule has 1 rings (SSSR count). The molecule has 0 heterocycles. The average molecular weight is 217 g/mol. The summed E-state index contributed by atoms with van der Waals surface area (Å²) < 4.78 is 0. The van der Waals surface area contributed by atoms with Crippen molar-refractivity contribution in [2.75, 3.05) is 6.26 Å². The van der Waals surface area contributed by atoms with Gasteiger partial charge in [-0.1, -0.05) is 12.1 Å². The lowest BCUT2D eigenvalue weighted by Gasteiger charge is -2.04. The van der Waals surface area contributed by atoms with Crippen molar-refractivity contribution in [3.05, 3.63) is 29.8 Å². The van der Waals surface area contributed by atoms with Crippen LogP contribution in [0.4, 0.5) is 0 Å². The molecule has 1 atom stereocenters. The SMILES string of the molecule is CSc1ccc(C(Cl)C(=O)O)cc1. The van der Waals surface area contributed by atoms with Crippen LogP contribution in [0.15, 0.2) is 29.2 Å². The fraction of sp³-hybridized carbons (Fsp3) is 0.222. The first-order chi connectivity index (χ1) is 6.15. The number of thioether (sulfide) groups is 1. The van der Waals surface area contributed by atoms with E-state index in [1.165, 1.54) is 0 Å². The number of hydrogen-bond donors (Lipinski definition) is 1. The van der Waals surface area contributed by atoms with Crippen molar-refractivity contribution in [1.82, 2.24) is 0 Å². The summed E-state index contributed by atoms with van der Waals surface area (Å²) in [6.45, 7) is 0. The van der Waals surface area contributed by atoms with E-state index in [1.54, 1.807) is 23.9 Å². The molecule has 1 aromatic carbocycles. The highest BCUT2D eigenvalue weighted by atomic mass is 35.5. The Kier molecular flexibility index (Phi) is 3.63.